The van der Waals surface area contributed by atoms with Gasteiger partial charge in [0, 0.05) is 18.7 Å². The summed E-state index contributed by atoms with van der Waals surface area (Å²) in [6.45, 7) is 7.35. The smallest absolute Gasteiger partial charge is 0.262 e. The Morgan fingerprint density at radius 2 is 1.80 bits per heavy atom. The van der Waals surface area contributed by atoms with Gasteiger partial charge < -0.3 is 9.64 Å². The van der Waals surface area contributed by atoms with Crippen LogP contribution in [-0.2, 0) is 6.54 Å². The lowest BCUT2D eigenvalue weighted by atomic mass is 10.1. The van der Waals surface area contributed by atoms with E-state index in [4.69, 9.17) is 9.72 Å². The Morgan fingerprint density at radius 3 is 2.47 bits per heavy atom. The van der Waals surface area contributed by atoms with E-state index in [1.807, 2.05) is 18.2 Å². The molecule has 1 heterocycles. The Balaban J connectivity index is 1.85. The van der Waals surface area contributed by atoms with E-state index in [1.54, 1.807) is 42.0 Å². The lowest BCUT2D eigenvalue weighted by molar-refractivity contribution is 0.102. The summed E-state index contributed by atoms with van der Waals surface area (Å²) in [5.41, 5.74) is 1.20. The second-order valence-electron chi connectivity index (χ2n) is 6.84. The molecule has 158 valence electrons. The van der Waals surface area contributed by atoms with Crippen LogP contribution >= 0.6 is 11.8 Å². The average molecular weight is 426 g/mol. The number of rotatable bonds is 10. The van der Waals surface area contributed by atoms with E-state index in [-0.39, 0.29) is 17.1 Å². The van der Waals surface area contributed by atoms with Crippen molar-refractivity contribution < 1.29 is 9.53 Å². The van der Waals surface area contributed by atoms with E-state index in [9.17, 15) is 9.59 Å². The third-order valence-corrected chi connectivity index (χ3v) is 6.08. The zero-order valence-electron chi connectivity index (χ0n) is 17.6. The minimum Gasteiger partial charge on any atom is -0.497 e. The van der Waals surface area contributed by atoms with Crippen LogP contribution in [0.3, 0.4) is 0 Å². The van der Waals surface area contributed by atoms with Crippen molar-refractivity contribution in [2.75, 3.05) is 32.5 Å². The maximum Gasteiger partial charge on any atom is 0.262 e. The maximum absolute atomic E-state index is 13.1. The molecule has 0 N–H and O–H groups in total. The Bertz CT molecular complexity index is 1060. The molecule has 3 rings (SSSR count). The number of hydrogen-bond donors (Lipinski definition) is 0. The predicted molar refractivity (Wildman–Crippen MR) is 122 cm³/mol. The number of nitrogens with zero attached hydrogens (tertiary/aromatic N) is 3. The third-order valence-electron chi connectivity index (χ3n) is 5.11. The van der Waals surface area contributed by atoms with Crippen LogP contribution in [0, 0.1) is 0 Å². The fraction of sp³-hybridized carbons (Fsp3) is 0.348. The van der Waals surface area contributed by atoms with Crippen molar-refractivity contribution in [3.05, 3.63) is 64.4 Å². The molecule has 30 heavy (non-hydrogen) atoms. The average Bonchev–Trinajstić information content (AvgIpc) is 2.79. The standard InChI is InChI=1S/C23H27N3O3S/c1-4-25(5-2)14-15-26-22(28)19-8-6-7-9-20(19)24-23(26)30-16-21(27)17-10-12-18(29-3)13-11-17/h6-13H,4-5,14-16H2,1-3H3. The molecule has 0 aliphatic rings. The van der Waals surface area contributed by atoms with Gasteiger partial charge in [-0.05, 0) is 49.5 Å². The van der Waals surface area contributed by atoms with Gasteiger partial charge >= 0.3 is 0 Å². The largest absolute Gasteiger partial charge is 0.497 e. The van der Waals surface area contributed by atoms with Crippen LogP contribution in [0.5, 0.6) is 5.75 Å². The monoisotopic (exact) mass is 425 g/mol. The summed E-state index contributed by atoms with van der Waals surface area (Å²) in [6, 6.07) is 14.4. The fourth-order valence-corrected chi connectivity index (χ4v) is 4.15. The van der Waals surface area contributed by atoms with Gasteiger partial charge in [-0.2, -0.15) is 0 Å². The van der Waals surface area contributed by atoms with Gasteiger partial charge in [-0.25, -0.2) is 4.98 Å². The van der Waals surface area contributed by atoms with Gasteiger partial charge in [-0.1, -0.05) is 37.7 Å². The number of fused-ring (bicyclic) bond motifs is 1. The zero-order chi connectivity index (χ0) is 21.5. The van der Waals surface area contributed by atoms with Crippen LogP contribution in [0.1, 0.15) is 24.2 Å². The van der Waals surface area contributed by atoms with Gasteiger partial charge in [-0.3, -0.25) is 14.2 Å². The molecule has 7 heteroatoms. The molecule has 0 atom stereocenters. The molecule has 0 aliphatic heterocycles. The summed E-state index contributed by atoms with van der Waals surface area (Å²) in [4.78, 5) is 32.7. The van der Waals surface area contributed by atoms with Crippen LogP contribution in [0.15, 0.2) is 58.5 Å². The number of aromatic nitrogens is 2. The third kappa shape index (κ3) is 5.09. The highest BCUT2D eigenvalue weighted by Crippen LogP contribution is 2.20. The highest BCUT2D eigenvalue weighted by atomic mass is 32.2. The molecule has 0 spiro atoms. The molecule has 0 saturated carbocycles. The highest BCUT2D eigenvalue weighted by Gasteiger charge is 2.15. The van der Waals surface area contributed by atoms with Gasteiger partial charge in [0.05, 0.1) is 23.8 Å². The molecular formula is C23H27N3O3S. The molecule has 3 aromatic rings. The quantitative estimate of drug-likeness (QED) is 0.280. The van der Waals surface area contributed by atoms with Gasteiger partial charge in [0.15, 0.2) is 10.9 Å². The van der Waals surface area contributed by atoms with Gasteiger partial charge in [0.1, 0.15) is 5.75 Å². The van der Waals surface area contributed by atoms with E-state index < -0.39 is 0 Å². The number of carbonyl (C=O) groups is 1. The number of ether oxygens (including phenoxy) is 1. The molecule has 0 bridgehead atoms. The first-order chi connectivity index (χ1) is 14.6. The molecule has 6 nitrogen and oxygen atoms in total. The summed E-state index contributed by atoms with van der Waals surface area (Å²) in [5, 5.41) is 1.18. The fourth-order valence-electron chi connectivity index (χ4n) is 3.23. The Labute approximate surface area is 180 Å². The first-order valence-corrected chi connectivity index (χ1v) is 11.1. The van der Waals surface area contributed by atoms with E-state index in [2.05, 4.69) is 18.7 Å². The lowest BCUT2D eigenvalue weighted by Gasteiger charge is -2.20. The molecule has 0 unspecified atom stereocenters. The van der Waals surface area contributed by atoms with Crippen LogP contribution in [0.2, 0.25) is 0 Å². The topological polar surface area (TPSA) is 64.4 Å². The number of likely N-dealkylation sites (N-methyl/N-ethyl adjacent to an activating group) is 1. The number of thioether (sulfide) groups is 1. The molecule has 2 aromatic carbocycles. The first kappa shape index (κ1) is 22.1. The highest BCUT2D eigenvalue weighted by molar-refractivity contribution is 7.99. The second kappa shape index (κ2) is 10.4. The van der Waals surface area contributed by atoms with Crippen molar-refractivity contribution in [2.45, 2.75) is 25.5 Å². The normalized spacial score (nSPS) is 11.2. The molecule has 1 aromatic heterocycles. The number of para-hydroxylation sites is 1. The predicted octanol–water partition coefficient (Wildman–Crippen LogP) is 3.72. The van der Waals surface area contributed by atoms with E-state index >= 15 is 0 Å². The first-order valence-electron chi connectivity index (χ1n) is 10.1. The van der Waals surface area contributed by atoms with Crippen molar-refractivity contribution in [1.29, 1.82) is 0 Å². The van der Waals surface area contributed by atoms with E-state index in [1.165, 1.54) is 11.8 Å². The van der Waals surface area contributed by atoms with E-state index in [0.717, 1.165) is 19.6 Å². The SMILES string of the molecule is CCN(CC)CCn1c(SCC(=O)c2ccc(OC)cc2)nc2ccccc2c1=O. The molecular weight excluding hydrogens is 398 g/mol. The van der Waals surface area contributed by atoms with Crippen molar-refractivity contribution in [3.63, 3.8) is 0 Å². The lowest BCUT2D eigenvalue weighted by Crippen LogP contribution is -2.32. The van der Waals surface area contributed by atoms with Crippen molar-refractivity contribution in [1.82, 2.24) is 14.5 Å². The number of benzene rings is 2. The van der Waals surface area contributed by atoms with Crippen molar-refractivity contribution >= 4 is 28.4 Å². The Morgan fingerprint density at radius 1 is 1.10 bits per heavy atom. The number of carbonyl (C=O) groups excluding carboxylic acids is 1. The Hall–Kier alpha value is -2.64. The number of ketones is 1. The minimum atomic E-state index is -0.0628. The molecule has 0 radical (unpaired) electrons. The van der Waals surface area contributed by atoms with Crippen molar-refractivity contribution in [3.8, 4) is 5.75 Å². The van der Waals surface area contributed by atoms with Crippen LogP contribution in [-0.4, -0.2) is 52.7 Å². The summed E-state index contributed by atoms with van der Waals surface area (Å²) in [6.07, 6.45) is 0. The van der Waals surface area contributed by atoms with Gasteiger partial charge in [0.25, 0.3) is 5.56 Å². The van der Waals surface area contributed by atoms with Gasteiger partial charge in [0.2, 0.25) is 0 Å². The second-order valence-corrected chi connectivity index (χ2v) is 7.78. The summed E-state index contributed by atoms with van der Waals surface area (Å²) < 4.78 is 6.85. The number of methoxy groups -OCH3 is 1. The van der Waals surface area contributed by atoms with Gasteiger partial charge in [-0.15, -0.1) is 0 Å². The summed E-state index contributed by atoms with van der Waals surface area (Å²) in [7, 11) is 1.59. The van der Waals surface area contributed by atoms with Crippen molar-refractivity contribution in [2.24, 2.45) is 0 Å². The summed E-state index contributed by atoms with van der Waals surface area (Å²) in [5.74, 6) is 0.906. The number of hydrogen-bond acceptors (Lipinski definition) is 6. The maximum atomic E-state index is 13.1. The number of Topliss-reactive ketones (excluding diaryl/α,β-unsaturated/α-hetero) is 1. The molecule has 0 aliphatic carbocycles. The molecule has 0 saturated heterocycles. The van der Waals surface area contributed by atoms with Crippen LogP contribution in [0.25, 0.3) is 10.9 Å². The molecule has 0 amide bonds. The zero-order valence-corrected chi connectivity index (χ0v) is 18.4. The summed E-state index contributed by atoms with van der Waals surface area (Å²) >= 11 is 1.31. The minimum absolute atomic E-state index is 0.0136. The molecule has 0 fully saturated rings. The van der Waals surface area contributed by atoms with E-state index in [0.29, 0.717) is 33.9 Å². The van der Waals surface area contributed by atoms with Crippen LogP contribution < -0.4 is 10.3 Å². The Kier molecular flexibility index (Phi) is 7.65. The van der Waals surface area contributed by atoms with Crippen LogP contribution in [0.4, 0.5) is 0 Å².